The number of benzene rings is 1. The fraction of sp³-hybridized carbons (Fsp3) is 0.200. The highest BCUT2D eigenvalue weighted by molar-refractivity contribution is 7.78. The molecule has 3 rings (SSSR count). The molecule has 33 heavy (non-hydrogen) atoms. The zero-order chi connectivity index (χ0) is 23.8. The summed E-state index contributed by atoms with van der Waals surface area (Å²) < 4.78 is 16.2. The van der Waals surface area contributed by atoms with Crippen molar-refractivity contribution in [2.45, 2.75) is 19.3 Å². The van der Waals surface area contributed by atoms with E-state index in [1.807, 2.05) is 24.3 Å². The van der Waals surface area contributed by atoms with Crippen LogP contribution in [-0.4, -0.2) is 29.2 Å². The number of hydrogen-bond donors (Lipinski definition) is 5. The van der Waals surface area contributed by atoms with Crippen molar-refractivity contribution in [2.24, 2.45) is 16.1 Å². The largest absolute Gasteiger partial charge is 0.404 e. The molecule has 1 aliphatic carbocycles. The van der Waals surface area contributed by atoms with Crippen LogP contribution in [0.4, 0.5) is 10.1 Å². The molecular weight excluding hydrogens is 435 g/mol. The summed E-state index contributed by atoms with van der Waals surface area (Å²) in [6.07, 6.45) is 7.55. The van der Waals surface area contributed by atoms with Crippen molar-refractivity contribution in [2.75, 3.05) is 6.54 Å². The summed E-state index contributed by atoms with van der Waals surface area (Å²) in [5, 5.41) is 15.9. The van der Waals surface area contributed by atoms with Crippen LogP contribution in [0.25, 0.3) is 5.57 Å². The molecule has 0 aliphatic heterocycles. The Morgan fingerprint density at radius 2 is 2.06 bits per heavy atom. The van der Waals surface area contributed by atoms with Crippen LogP contribution < -0.4 is 10.5 Å². The Morgan fingerprint density at radius 1 is 1.30 bits per heavy atom. The highest BCUT2D eigenvalue weighted by atomic mass is 32.1. The van der Waals surface area contributed by atoms with Gasteiger partial charge in [-0.05, 0) is 72.7 Å². The predicted molar refractivity (Wildman–Crippen MR) is 137 cm³/mol. The summed E-state index contributed by atoms with van der Waals surface area (Å²) in [7, 11) is 0. The van der Waals surface area contributed by atoms with Gasteiger partial charge in [0.05, 0.1) is 22.8 Å². The van der Waals surface area contributed by atoms with E-state index in [2.05, 4.69) is 29.1 Å². The third kappa shape index (κ3) is 5.53. The number of hydrogen-bond acceptors (Lipinski definition) is 7. The molecule has 0 saturated heterocycles. The van der Waals surface area contributed by atoms with Crippen LogP contribution in [0.3, 0.4) is 0 Å². The second-order valence-corrected chi connectivity index (χ2v) is 8.11. The van der Waals surface area contributed by atoms with Crippen LogP contribution in [0, 0.1) is 22.1 Å². The molecule has 0 radical (unpaired) electrons. The third-order valence-corrected chi connectivity index (χ3v) is 5.97. The van der Waals surface area contributed by atoms with Gasteiger partial charge in [0.25, 0.3) is 0 Å². The summed E-state index contributed by atoms with van der Waals surface area (Å²) in [4.78, 5) is 9.20. The Balaban J connectivity index is 2.20. The van der Waals surface area contributed by atoms with E-state index < -0.39 is 5.41 Å². The molecule has 8 heteroatoms. The third-order valence-electron chi connectivity index (χ3n) is 5.75. The number of aliphatic imine (C=N–C) groups is 1. The van der Waals surface area contributed by atoms with Crippen molar-refractivity contribution in [1.29, 1.82) is 10.8 Å². The van der Waals surface area contributed by atoms with Crippen molar-refractivity contribution in [3.8, 4) is 0 Å². The molecule has 0 spiro atoms. The SMILES string of the molecule is C=C(c1ccccn1)C1(CC(=N)C=N)CC(=CN)C(=Nc2ccc(F)cc2)C=C1CCNS. The second kappa shape index (κ2) is 11.0. The lowest BCUT2D eigenvalue weighted by molar-refractivity contribution is 0.475. The Morgan fingerprint density at radius 3 is 2.67 bits per heavy atom. The molecule has 6 nitrogen and oxygen atoms in total. The number of nitrogens with one attached hydrogen (secondary N) is 3. The lowest BCUT2D eigenvalue weighted by Gasteiger charge is -2.42. The van der Waals surface area contributed by atoms with E-state index >= 15 is 0 Å². The normalized spacial score (nSPS) is 20.5. The summed E-state index contributed by atoms with van der Waals surface area (Å²) >= 11 is 4.15. The molecular formula is C25H27FN6S. The zero-order valence-corrected chi connectivity index (χ0v) is 19.1. The van der Waals surface area contributed by atoms with Crippen LogP contribution in [0.15, 0.2) is 83.7 Å². The summed E-state index contributed by atoms with van der Waals surface area (Å²) in [5.74, 6) is -0.330. The van der Waals surface area contributed by atoms with Gasteiger partial charge in [0.2, 0.25) is 0 Å². The number of halogens is 1. The topological polar surface area (TPSA) is 111 Å². The first-order valence-electron chi connectivity index (χ1n) is 10.5. The minimum absolute atomic E-state index is 0.173. The average molecular weight is 463 g/mol. The molecule has 2 aromatic rings. The number of nitrogens with zero attached hydrogens (tertiary/aromatic N) is 2. The van der Waals surface area contributed by atoms with Gasteiger partial charge in [-0.25, -0.2) is 9.38 Å². The number of nitrogens with two attached hydrogens (primary N) is 1. The summed E-state index contributed by atoms with van der Waals surface area (Å²) in [6, 6.07) is 11.6. The van der Waals surface area contributed by atoms with E-state index in [-0.39, 0.29) is 17.9 Å². The van der Waals surface area contributed by atoms with Crippen molar-refractivity contribution in [3.05, 3.63) is 90.2 Å². The van der Waals surface area contributed by atoms with E-state index in [1.54, 1.807) is 18.3 Å². The number of thiol groups is 1. The lowest BCUT2D eigenvalue weighted by atomic mass is 9.62. The Labute approximate surface area is 198 Å². The Bertz CT molecular complexity index is 1120. The van der Waals surface area contributed by atoms with E-state index in [4.69, 9.17) is 21.5 Å². The highest BCUT2D eigenvalue weighted by Gasteiger charge is 2.42. The molecule has 5 N–H and O–H groups in total. The van der Waals surface area contributed by atoms with E-state index in [0.717, 1.165) is 28.6 Å². The highest BCUT2D eigenvalue weighted by Crippen LogP contribution is 2.51. The zero-order valence-electron chi connectivity index (χ0n) is 18.2. The van der Waals surface area contributed by atoms with Crippen LogP contribution in [0.1, 0.15) is 25.0 Å². The quantitative estimate of drug-likeness (QED) is 0.266. The van der Waals surface area contributed by atoms with Crippen LogP contribution >= 0.6 is 12.8 Å². The van der Waals surface area contributed by atoms with E-state index in [9.17, 15) is 4.39 Å². The summed E-state index contributed by atoms with van der Waals surface area (Å²) in [6.45, 7) is 4.97. The first-order valence-corrected chi connectivity index (χ1v) is 10.9. The molecule has 0 fully saturated rings. The maximum absolute atomic E-state index is 13.4. The number of rotatable bonds is 9. The monoisotopic (exact) mass is 462 g/mol. The van der Waals surface area contributed by atoms with Gasteiger partial charge in [-0.1, -0.05) is 31.0 Å². The van der Waals surface area contributed by atoms with Gasteiger partial charge in [-0.2, -0.15) is 0 Å². The second-order valence-electron chi connectivity index (χ2n) is 7.79. The summed E-state index contributed by atoms with van der Waals surface area (Å²) in [5.41, 5.74) is 10.0. The first kappa shape index (κ1) is 24.3. The Hall–Kier alpha value is -3.36. The molecule has 1 aromatic heterocycles. The predicted octanol–water partition coefficient (Wildman–Crippen LogP) is 5.05. The number of aromatic nitrogens is 1. The van der Waals surface area contributed by atoms with Gasteiger partial charge in [0, 0.05) is 30.8 Å². The van der Waals surface area contributed by atoms with Crippen LogP contribution in [0.2, 0.25) is 0 Å². The number of allylic oxidation sites excluding steroid dienone is 3. The molecule has 1 atom stereocenters. The standard InChI is InChI=1S/C25H27FN6S/c1-17(23-4-2-3-10-30-23)25(14-21(29)16-28)13-18(15-27)24(12-19(25)9-11-31-33)32-22-7-5-20(26)6-8-22/h2-8,10,12,15-16,28-29,31,33H,1,9,11,13-14,27H2. The minimum atomic E-state index is -0.708. The fourth-order valence-corrected chi connectivity index (χ4v) is 4.19. The average Bonchev–Trinajstić information content (AvgIpc) is 2.85. The molecule has 0 amide bonds. The fourth-order valence-electron chi connectivity index (χ4n) is 4.08. The molecule has 170 valence electrons. The van der Waals surface area contributed by atoms with Crippen LogP contribution in [-0.2, 0) is 0 Å². The molecule has 0 bridgehead atoms. The lowest BCUT2D eigenvalue weighted by Crippen LogP contribution is -2.35. The molecule has 1 unspecified atom stereocenters. The van der Waals surface area contributed by atoms with Gasteiger partial charge >= 0.3 is 0 Å². The smallest absolute Gasteiger partial charge is 0.123 e. The Kier molecular flexibility index (Phi) is 8.08. The molecule has 1 aliphatic rings. The minimum Gasteiger partial charge on any atom is -0.404 e. The first-order chi connectivity index (χ1) is 15.9. The molecule has 0 saturated carbocycles. The van der Waals surface area contributed by atoms with Gasteiger partial charge < -0.3 is 16.6 Å². The van der Waals surface area contributed by atoms with E-state index in [0.29, 0.717) is 30.8 Å². The van der Waals surface area contributed by atoms with Gasteiger partial charge in [-0.3, -0.25) is 9.71 Å². The van der Waals surface area contributed by atoms with Gasteiger partial charge in [-0.15, -0.1) is 0 Å². The molecule has 1 heterocycles. The van der Waals surface area contributed by atoms with Gasteiger partial charge in [0.15, 0.2) is 0 Å². The maximum Gasteiger partial charge on any atom is 0.123 e. The van der Waals surface area contributed by atoms with Crippen molar-refractivity contribution in [3.63, 3.8) is 0 Å². The van der Waals surface area contributed by atoms with Crippen molar-refractivity contribution in [1.82, 2.24) is 9.71 Å². The van der Waals surface area contributed by atoms with Crippen LogP contribution in [0.5, 0.6) is 0 Å². The van der Waals surface area contributed by atoms with Crippen molar-refractivity contribution < 1.29 is 4.39 Å². The van der Waals surface area contributed by atoms with Gasteiger partial charge in [0.1, 0.15) is 5.82 Å². The molecule has 1 aromatic carbocycles. The van der Waals surface area contributed by atoms with Crippen molar-refractivity contribution >= 4 is 41.7 Å². The van der Waals surface area contributed by atoms with E-state index in [1.165, 1.54) is 18.3 Å². The maximum atomic E-state index is 13.4. The number of pyridine rings is 1.